The van der Waals surface area contributed by atoms with Gasteiger partial charge in [0.25, 0.3) is 0 Å². The quantitative estimate of drug-likeness (QED) is 0.689. The minimum absolute atomic E-state index is 0.537. The van der Waals surface area contributed by atoms with Crippen molar-refractivity contribution in [2.75, 3.05) is 5.88 Å². The summed E-state index contributed by atoms with van der Waals surface area (Å²) in [6.07, 6.45) is 4.38. The fraction of sp³-hybridized carbons (Fsp3) is 0.562. The highest BCUT2D eigenvalue weighted by Crippen LogP contribution is 2.28. The van der Waals surface area contributed by atoms with Gasteiger partial charge in [0.2, 0.25) is 0 Å². The monoisotopic (exact) mass is 278 g/mol. The molecule has 0 saturated carbocycles. The molecule has 0 aliphatic heterocycles. The molecule has 104 valence electrons. The summed E-state index contributed by atoms with van der Waals surface area (Å²) in [4.78, 5) is 4.83. The lowest BCUT2D eigenvalue weighted by Gasteiger charge is -2.19. The molecular formula is C16H23ClN2. The molecule has 0 saturated heterocycles. The number of nitrogens with zero attached hydrogens (tertiary/aromatic N) is 2. The van der Waals surface area contributed by atoms with Gasteiger partial charge < -0.3 is 4.57 Å². The number of alkyl halides is 1. The number of imidazole rings is 1. The van der Waals surface area contributed by atoms with Crippen molar-refractivity contribution in [3.8, 4) is 0 Å². The topological polar surface area (TPSA) is 17.8 Å². The summed E-state index contributed by atoms with van der Waals surface area (Å²) in [5.41, 5.74) is 3.65. The predicted octanol–water partition coefficient (Wildman–Crippen LogP) is 4.88. The van der Waals surface area contributed by atoms with Crippen molar-refractivity contribution >= 4 is 22.6 Å². The number of hydrogen-bond acceptors (Lipinski definition) is 1. The zero-order chi connectivity index (χ0) is 13.8. The first-order valence-electron chi connectivity index (χ1n) is 7.25. The maximum Gasteiger partial charge on any atom is 0.111 e. The molecular weight excluding hydrogens is 256 g/mol. The molecule has 0 radical (unpaired) electrons. The molecule has 2 rings (SSSR count). The lowest BCUT2D eigenvalue weighted by atomic mass is 10.1. The molecule has 1 aromatic heterocycles. The first kappa shape index (κ1) is 14.4. The molecule has 0 aliphatic carbocycles. The van der Waals surface area contributed by atoms with Crippen LogP contribution < -0.4 is 0 Å². The van der Waals surface area contributed by atoms with E-state index in [9.17, 15) is 0 Å². The summed E-state index contributed by atoms with van der Waals surface area (Å²) in [5, 5.41) is 0. The summed E-state index contributed by atoms with van der Waals surface area (Å²) in [5.74, 6) is 1.77. The number of hydrogen-bond donors (Lipinski definition) is 0. The van der Waals surface area contributed by atoms with E-state index in [-0.39, 0.29) is 0 Å². The Hall–Kier alpha value is -1.02. The van der Waals surface area contributed by atoms with Gasteiger partial charge in [-0.05, 0) is 31.4 Å². The van der Waals surface area contributed by atoms with Gasteiger partial charge in [-0.1, -0.05) is 32.4 Å². The Morgan fingerprint density at radius 2 is 2.11 bits per heavy atom. The van der Waals surface area contributed by atoms with Crippen LogP contribution in [0.2, 0.25) is 0 Å². The van der Waals surface area contributed by atoms with Gasteiger partial charge in [-0.15, -0.1) is 11.6 Å². The van der Waals surface area contributed by atoms with Crippen LogP contribution in [-0.2, 0) is 6.42 Å². The average molecular weight is 279 g/mol. The van der Waals surface area contributed by atoms with Crippen molar-refractivity contribution in [2.45, 2.75) is 52.5 Å². The second-order valence-electron chi connectivity index (χ2n) is 5.13. The maximum atomic E-state index is 5.95. The lowest BCUT2D eigenvalue weighted by Crippen LogP contribution is -2.12. The van der Waals surface area contributed by atoms with Crippen molar-refractivity contribution in [1.82, 2.24) is 9.55 Å². The highest BCUT2D eigenvalue weighted by Gasteiger charge is 2.17. The van der Waals surface area contributed by atoms with E-state index in [1.54, 1.807) is 0 Å². The second kappa shape index (κ2) is 6.42. The maximum absolute atomic E-state index is 5.95. The summed E-state index contributed by atoms with van der Waals surface area (Å²) in [6, 6.07) is 6.98. The van der Waals surface area contributed by atoms with E-state index in [0.717, 1.165) is 24.2 Å². The largest absolute Gasteiger partial charge is 0.325 e. The Bertz CT molecular complexity index is 545. The number of fused-ring (bicyclic) bond motifs is 1. The molecule has 0 aliphatic rings. The third kappa shape index (κ3) is 2.79. The number of aryl methyl sites for hydroxylation is 2. The molecule has 0 bridgehead atoms. The van der Waals surface area contributed by atoms with Crippen LogP contribution in [0, 0.1) is 6.92 Å². The molecule has 0 spiro atoms. The third-order valence-electron chi connectivity index (χ3n) is 3.77. The Kier molecular flexibility index (Phi) is 4.87. The van der Waals surface area contributed by atoms with Crippen LogP contribution in [0.25, 0.3) is 11.0 Å². The smallest absolute Gasteiger partial charge is 0.111 e. The summed E-state index contributed by atoms with van der Waals surface area (Å²) < 4.78 is 2.42. The zero-order valence-electron chi connectivity index (χ0n) is 12.1. The molecule has 0 amide bonds. The SMILES string of the molecule is CCCC(CC)n1c(CCCl)nc2c(C)cccc21. The van der Waals surface area contributed by atoms with Crippen LogP contribution in [0.15, 0.2) is 18.2 Å². The second-order valence-corrected chi connectivity index (χ2v) is 5.51. The third-order valence-corrected chi connectivity index (χ3v) is 3.96. The number of rotatable bonds is 6. The Labute approximate surface area is 120 Å². The molecule has 1 unspecified atom stereocenters. The van der Waals surface area contributed by atoms with Crippen molar-refractivity contribution in [1.29, 1.82) is 0 Å². The van der Waals surface area contributed by atoms with Gasteiger partial charge in [0.05, 0.1) is 11.0 Å². The van der Waals surface area contributed by atoms with Crippen LogP contribution in [-0.4, -0.2) is 15.4 Å². The van der Waals surface area contributed by atoms with E-state index in [0.29, 0.717) is 11.9 Å². The van der Waals surface area contributed by atoms with Crippen LogP contribution in [0.1, 0.15) is 50.5 Å². The first-order valence-corrected chi connectivity index (χ1v) is 7.78. The van der Waals surface area contributed by atoms with Crippen molar-refractivity contribution in [3.05, 3.63) is 29.6 Å². The highest BCUT2D eigenvalue weighted by molar-refractivity contribution is 6.17. The minimum atomic E-state index is 0.537. The van der Waals surface area contributed by atoms with Crippen LogP contribution in [0.4, 0.5) is 0 Å². The van der Waals surface area contributed by atoms with E-state index < -0.39 is 0 Å². The average Bonchev–Trinajstić information content (AvgIpc) is 2.76. The summed E-state index contributed by atoms with van der Waals surface area (Å²) in [6.45, 7) is 6.63. The summed E-state index contributed by atoms with van der Waals surface area (Å²) in [7, 11) is 0. The minimum Gasteiger partial charge on any atom is -0.325 e. The molecule has 0 N–H and O–H groups in total. The molecule has 19 heavy (non-hydrogen) atoms. The summed E-state index contributed by atoms with van der Waals surface area (Å²) >= 11 is 5.95. The molecule has 2 nitrogen and oxygen atoms in total. The fourth-order valence-corrected chi connectivity index (χ4v) is 2.99. The molecule has 0 fully saturated rings. The number of halogens is 1. The standard InChI is InChI=1S/C16H23ClN2/c1-4-7-13(5-2)19-14-9-6-8-12(3)16(14)18-15(19)10-11-17/h6,8-9,13H,4-5,7,10-11H2,1-3H3. The molecule has 3 heteroatoms. The van der Waals surface area contributed by atoms with Gasteiger partial charge in [0, 0.05) is 18.3 Å². The van der Waals surface area contributed by atoms with E-state index >= 15 is 0 Å². The van der Waals surface area contributed by atoms with Crippen molar-refractivity contribution < 1.29 is 0 Å². The van der Waals surface area contributed by atoms with Gasteiger partial charge in [-0.2, -0.15) is 0 Å². The molecule has 1 atom stereocenters. The number of aromatic nitrogens is 2. The van der Waals surface area contributed by atoms with E-state index in [1.165, 1.54) is 23.9 Å². The van der Waals surface area contributed by atoms with E-state index in [2.05, 4.69) is 43.5 Å². The Morgan fingerprint density at radius 1 is 1.32 bits per heavy atom. The van der Waals surface area contributed by atoms with Gasteiger partial charge in [0.1, 0.15) is 5.82 Å². The van der Waals surface area contributed by atoms with Crippen molar-refractivity contribution in [2.24, 2.45) is 0 Å². The van der Waals surface area contributed by atoms with Crippen LogP contribution >= 0.6 is 11.6 Å². The Morgan fingerprint density at radius 3 is 2.74 bits per heavy atom. The normalized spacial score (nSPS) is 13.1. The molecule has 1 aromatic carbocycles. The zero-order valence-corrected chi connectivity index (χ0v) is 12.9. The van der Waals surface area contributed by atoms with Crippen LogP contribution in [0.3, 0.4) is 0 Å². The predicted molar refractivity (Wildman–Crippen MR) is 83.1 cm³/mol. The number of benzene rings is 1. The van der Waals surface area contributed by atoms with Gasteiger partial charge in [-0.25, -0.2) is 4.98 Å². The van der Waals surface area contributed by atoms with Crippen LogP contribution in [0.5, 0.6) is 0 Å². The highest BCUT2D eigenvalue weighted by atomic mass is 35.5. The van der Waals surface area contributed by atoms with Gasteiger partial charge >= 0.3 is 0 Å². The number of para-hydroxylation sites is 1. The molecule has 2 aromatic rings. The van der Waals surface area contributed by atoms with E-state index in [1.807, 2.05) is 0 Å². The molecule has 1 heterocycles. The van der Waals surface area contributed by atoms with Crippen molar-refractivity contribution in [3.63, 3.8) is 0 Å². The Balaban J connectivity index is 2.60. The van der Waals surface area contributed by atoms with Gasteiger partial charge in [0.15, 0.2) is 0 Å². The van der Waals surface area contributed by atoms with Gasteiger partial charge in [-0.3, -0.25) is 0 Å². The van der Waals surface area contributed by atoms with E-state index in [4.69, 9.17) is 16.6 Å². The lowest BCUT2D eigenvalue weighted by molar-refractivity contribution is 0.445. The fourth-order valence-electron chi connectivity index (χ4n) is 2.82. The first-order chi connectivity index (χ1) is 9.22.